The van der Waals surface area contributed by atoms with E-state index in [4.69, 9.17) is 4.74 Å². The van der Waals surface area contributed by atoms with E-state index < -0.39 is 0 Å². The van der Waals surface area contributed by atoms with E-state index in [1.165, 1.54) is 11.3 Å². The van der Waals surface area contributed by atoms with Crippen molar-refractivity contribution in [3.63, 3.8) is 0 Å². The number of carbonyl (C=O) groups is 1. The molecule has 1 heterocycles. The average Bonchev–Trinajstić information content (AvgIpc) is 2.65. The van der Waals surface area contributed by atoms with Crippen LogP contribution in [0.1, 0.15) is 19.8 Å². The third-order valence-corrected chi connectivity index (χ3v) is 3.22. The van der Waals surface area contributed by atoms with E-state index in [2.05, 4.69) is 15.7 Å². The first-order chi connectivity index (χ1) is 6.83. The summed E-state index contributed by atoms with van der Waals surface area (Å²) in [6.45, 7) is 2.26. The summed E-state index contributed by atoms with van der Waals surface area (Å²) in [6, 6.07) is 0. The van der Waals surface area contributed by atoms with Gasteiger partial charge in [-0.15, -0.1) is 10.2 Å². The summed E-state index contributed by atoms with van der Waals surface area (Å²) >= 11 is 2.98. The van der Waals surface area contributed by atoms with Crippen LogP contribution in [0.25, 0.3) is 0 Å². The quantitative estimate of drug-likeness (QED) is 0.424. The Morgan fingerprint density at radius 2 is 2.57 bits per heavy atom. The zero-order valence-corrected chi connectivity index (χ0v) is 9.49. The molecule has 0 saturated carbocycles. The van der Waals surface area contributed by atoms with E-state index in [-0.39, 0.29) is 5.97 Å². The van der Waals surface area contributed by atoms with Crippen LogP contribution < -0.4 is 0 Å². The van der Waals surface area contributed by atoms with Gasteiger partial charge in [0.1, 0.15) is 0 Å². The number of rotatable bonds is 6. The van der Waals surface area contributed by atoms with Gasteiger partial charge < -0.3 is 4.74 Å². The highest BCUT2D eigenvalue weighted by molar-refractivity contribution is 8.00. The molecular formula is C8H11N2O2S2. The Morgan fingerprint density at radius 1 is 1.71 bits per heavy atom. The molecule has 0 amide bonds. The van der Waals surface area contributed by atoms with Crippen molar-refractivity contribution in [3.05, 3.63) is 5.51 Å². The van der Waals surface area contributed by atoms with Crippen LogP contribution in [0.15, 0.2) is 4.34 Å². The Morgan fingerprint density at radius 3 is 3.21 bits per heavy atom. The predicted molar refractivity (Wildman–Crippen MR) is 55.3 cm³/mol. The molecule has 0 fully saturated rings. The largest absolute Gasteiger partial charge is 0.466 e. The number of hydrogen-bond donors (Lipinski definition) is 0. The lowest BCUT2D eigenvalue weighted by atomic mass is 10.3. The fraction of sp³-hybridized carbons (Fsp3) is 0.625. The second-order valence-corrected chi connectivity index (χ2v) is 4.53. The number of thioether (sulfide) groups is 1. The minimum Gasteiger partial charge on any atom is -0.466 e. The van der Waals surface area contributed by atoms with Crippen LogP contribution in [-0.2, 0) is 9.53 Å². The van der Waals surface area contributed by atoms with Crippen LogP contribution in [-0.4, -0.2) is 28.5 Å². The molecule has 0 aliphatic rings. The lowest BCUT2D eigenvalue weighted by Gasteiger charge is -1.99. The van der Waals surface area contributed by atoms with Crippen LogP contribution in [0, 0.1) is 5.51 Å². The molecule has 0 spiro atoms. The van der Waals surface area contributed by atoms with Gasteiger partial charge in [0.25, 0.3) is 0 Å². The molecule has 6 heteroatoms. The zero-order valence-electron chi connectivity index (χ0n) is 7.86. The predicted octanol–water partition coefficient (Wildman–Crippen LogP) is 1.77. The molecule has 4 nitrogen and oxygen atoms in total. The molecule has 0 unspecified atom stereocenters. The fourth-order valence-corrected chi connectivity index (χ4v) is 2.21. The Bertz CT molecular complexity index is 264. The van der Waals surface area contributed by atoms with E-state index in [0.717, 1.165) is 16.5 Å². The van der Waals surface area contributed by atoms with Crippen LogP contribution in [0.5, 0.6) is 0 Å². The summed E-state index contributed by atoms with van der Waals surface area (Å²) in [4.78, 5) is 10.9. The lowest BCUT2D eigenvalue weighted by molar-refractivity contribution is -0.143. The number of nitrogens with zero attached hydrogens (tertiary/aromatic N) is 2. The molecular weight excluding hydrogens is 220 g/mol. The van der Waals surface area contributed by atoms with Gasteiger partial charge in [-0.05, 0) is 13.3 Å². The maximum Gasteiger partial charge on any atom is 0.305 e. The summed E-state index contributed by atoms with van der Waals surface area (Å²) in [7, 11) is 0. The smallest absolute Gasteiger partial charge is 0.305 e. The van der Waals surface area contributed by atoms with Crippen molar-refractivity contribution in [1.82, 2.24) is 10.2 Å². The highest BCUT2D eigenvalue weighted by Crippen LogP contribution is 2.19. The maximum absolute atomic E-state index is 10.9. The summed E-state index contributed by atoms with van der Waals surface area (Å²) in [5.41, 5.74) is 2.67. The van der Waals surface area contributed by atoms with Crippen molar-refractivity contribution in [2.45, 2.75) is 24.1 Å². The average molecular weight is 231 g/mol. The normalized spacial score (nSPS) is 10.1. The minimum absolute atomic E-state index is 0.128. The van der Waals surface area contributed by atoms with Gasteiger partial charge in [0.15, 0.2) is 9.85 Å². The third kappa shape index (κ3) is 4.57. The SMILES string of the molecule is CCOC(=O)CCCSc1nn[c]s1. The maximum atomic E-state index is 10.9. The monoisotopic (exact) mass is 231 g/mol. The second kappa shape index (κ2) is 6.78. The van der Waals surface area contributed by atoms with E-state index in [1.54, 1.807) is 11.8 Å². The van der Waals surface area contributed by atoms with Gasteiger partial charge in [0.05, 0.1) is 6.61 Å². The van der Waals surface area contributed by atoms with Gasteiger partial charge in [0.2, 0.25) is 0 Å². The molecule has 1 aromatic rings. The van der Waals surface area contributed by atoms with Gasteiger partial charge in [-0.25, -0.2) is 0 Å². The summed E-state index contributed by atoms with van der Waals surface area (Å²) in [6.07, 6.45) is 1.28. The first-order valence-electron chi connectivity index (χ1n) is 4.31. The van der Waals surface area contributed by atoms with Crippen LogP contribution >= 0.6 is 23.1 Å². The zero-order chi connectivity index (χ0) is 10.2. The molecule has 14 heavy (non-hydrogen) atoms. The van der Waals surface area contributed by atoms with E-state index in [0.29, 0.717) is 13.0 Å². The minimum atomic E-state index is -0.128. The molecule has 0 saturated heterocycles. The van der Waals surface area contributed by atoms with Crippen molar-refractivity contribution < 1.29 is 9.53 Å². The number of ether oxygens (including phenoxy) is 1. The van der Waals surface area contributed by atoms with Crippen molar-refractivity contribution in [2.75, 3.05) is 12.4 Å². The second-order valence-electron chi connectivity index (χ2n) is 2.42. The molecule has 1 aromatic heterocycles. The van der Waals surface area contributed by atoms with E-state index in [9.17, 15) is 4.79 Å². The Kier molecular flexibility index (Phi) is 5.55. The van der Waals surface area contributed by atoms with Crippen LogP contribution in [0.2, 0.25) is 0 Å². The van der Waals surface area contributed by atoms with Gasteiger partial charge >= 0.3 is 5.97 Å². The first-order valence-corrected chi connectivity index (χ1v) is 6.11. The molecule has 0 bridgehead atoms. The number of carbonyl (C=O) groups excluding carboxylic acids is 1. The summed E-state index contributed by atoms with van der Waals surface area (Å²) in [5.74, 6) is 0.735. The molecule has 0 atom stereocenters. The first kappa shape index (κ1) is 11.5. The summed E-state index contributed by atoms with van der Waals surface area (Å²) in [5, 5.41) is 7.43. The van der Waals surface area contributed by atoms with E-state index >= 15 is 0 Å². The Labute approximate surface area is 91.1 Å². The van der Waals surface area contributed by atoms with Crippen molar-refractivity contribution in [1.29, 1.82) is 0 Å². The lowest BCUT2D eigenvalue weighted by Crippen LogP contribution is -2.03. The highest BCUT2D eigenvalue weighted by atomic mass is 32.2. The van der Waals surface area contributed by atoms with E-state index in [1.807, 2.05) is 6.92 Å². The topological polar surface area (TPSA) is 52.1 Å². The Hall–Kier alpha value is -0.620. The van der Waals surface area contributed by atoms with Gasteiger partial charge in [0, 0.05) is 12.2 Å². The molecule has 0 aliphatic heterocycles. The van der Waals surface area contributed by atoms with Crippen LogP contribution in [0.4, 0.5) is 0 Å². The molecule has 1 radical (unpaired) electrons. The number of hydrogen-bond acceptors (Lipinski definition) is 6. The van der Waals surface area contributed by atoms with Crippen molar-refractivity contribution in [2.24, 2.45) is 0 Å². The molecule has 0 N–H and O–H groups in total. The highest BCUT2D eigenvalue weighted by Gasteiger charge is 2.02. The molecule has 77 valence electrons. The fourth-order valence-electron chi connectivity index (χ4n) is 0.809. The standard InChI is InChI=1S/C8H11N2O2S2/c1-2-12-7(11)4-3-5-13-8-10-9-6-14-8/h2-5H2,1H3. The summed E-state index contributed by atoms with van der Waals surface area (Å²) < 4.78 is 5.70. The van der Waals surface area contributed by atoms with Gasteiger partial charge in [-0.3, -0.25) is 4.79 Å². The third-order valence-electron chi connectivity index (χ3n) is 1.36. The van der Waals surface area contributed by atoms with Crippen molar-refractivity contribution in [3.8, 4) is 0 Å². The molecule has 1 rings (SSSR count). The van der Waals surface area contributed by atoms with Crippen LogP contribution in [0.3, 0.4) is 0 Å². The molecule has 0 aliphatic carbocycles. The molecule has 0 aromatic carbocycles. The number of aromatic nitrogens is 2. The van der Waals surface area contributed by atoms with Crippen molar-refractivity contribution >= 4 is 29.1 Å². The van der Waals surface area contributed by atoms with Gasteiger partial charge in [-0.2, -0.15) is 0 Å². The Balaban J connectivity index is 2.02. The van der Waals surface area contributed by atoms with Gasteiger partial charge in [-0.1, -0.05) is 23.1 Å². The number of esters is 1.